The van der Waals surface area contributed by atoms with Crippen LogP contribution >= 0.6 is 0 Å². The SMILES string of the molecule is CCc1nc(C)c(C(=O)N[C@]2(c3ccccc3)CCN(CCn3cccn3)C[C@H]2O)o1. The molecule has 2 N–H and O–H groups in total. The Labute approximate surface area is 181 Å². The fourth-order valence-corrected chi connectivity index (χ4v) is 4.24. The first-order chi connectivity index (χ1) is 15.0. The van der Waals surface area contributed by atoms with Crippen LogP contribution in [-0.2, 0) is 18.5 Å². The first-order valence-corrected chi connectivity index (χ1v) is 10.7. The molecule has 8 nitrogen and oxygen atoms in total. The van der Waals surface area contributed by atoms with Gasteiger partial charge in [0.15, 0.2) is 5.89 Å². The average molecular weight is 424 g/mol. The molecule has 1 aliphatic rings. The van der Waals surface area contributed by atoms with Gasteiger partial charge in [-0.3, -0.25) is 14.4 Å². The Morgan fingerprint density at radius 3 is 2.74 bits per heavy atom. The fourth-order valence-electron chi connectivity index (χ4n) is 4.24. The van der Waals surface area contributed by atoms with Crippen LogP contribution in [0.1, 0.15) is 41.0 Å². The molecule has 164 valence electrons. The lowest BCUT2D eigenvalue weighted by atomic mass is 9.78. The van der Waals surface area contributed by atoms with Crippen molar-refractivity contribution < 1.29 is 14.3 Å². The number of aromatic nitrogens is 3. The van der Waals surface area contributed by atoms with Crippen LogP contribution in [-0.4, -0.2) is 56.4 Å². The van der Waals surface area contributed by atoms with E-state index in [4.69, 9.17) is 4.42 Å². The summed E-state index contributed by atoms with van der Waals surface area (Å²) in [5, 5.41) is 18.6. The van der Waals surface area contributed by atoms with Gasteiger partial charge < -0.3 is 14.8 Å². The zero-order valence-corrected chi connectivity index (χ0v) is 18.0. The van der Waals surface area contributed by atoms with Gasteiger partial charge in [0, 0.05) is 38.4 Å². The van der Waals surface area contributed by atoms with Crippen molar-refractivity contribution in [2.24, 2.45) is 0 Å². The van der Waals surface area contributed by atoms with Crippen molar-refractivity contribution in [1.29, 1.82) is 0 Å². The maximum Gasteiger partial charge on any atom is 0.289 e. The van der Waals surface area contributed by atoms with Crippen molar-refractivity contribution in [2.45, 2.75) is 44.9 Å². The Morgan fingerprint density at radius 1 is 1.29 bits per heavy atom. The maximum atomic E-state index is 13.2. The van der Waals surface area contributed by atoms with Crippen molar-refractivity contribution in [3.05, 3.63) is 71.7 Å². The summed E-state index contributed by atoms with van der Waals surface area (Å²) >= 11 is 0. The zero-order chi connectivity index (χ0) is 21.8. The van der Waals surface area contributed by atoms with Gasteiger partial charge in [0.05, 0.1) is 23.9 Å². The van der Waals surface area contributed by atoms with E-state index in [9.17, 15) is 9.90 Å². The number of likely N-dealkylation sites (tertiary alicyclic amines) is 1. The van der Waals surface area contributed by atoms with Crippen molar-refractivity contribution in [2.75, 3.05) is 19.6 Å². The highest BCUT2D eigenvalue weighted by atomic mass is 16.4. The lowest BCUT2D eigenvalue weighted by Crippen LogP contribution is -2.62. The third-order valence-electron chi connectivity index (χ3n) is 6.00. The smallest absolute Gasteiger partial charge is 0.289 e. The quantitative estimate of drug-likeness (QED) is 0.604. The molecule has 0 radical (unpaired) electrons. The van der Waals surface area contributed by atoms with E-state index in [0.29, 0.717) is 31.0 Å². The number of carbonyl (C=O) groups is 1. The molecule has 1 saturated heterocycles. The molecule has 0 aliphatic carbocycles. The van der Waals surface area contributed by atoms with Gasteiger partial charge in [-0.2, -0.15) is 5.10 Å². The third-order valence-corrected chi connectivity index (χ3v) is 6.00. The van der Waals surface area contributed by atoms with E-state index in [1.165, 1.54) is 0 Å². The zero-order valence-electron chi connectivity index (χ0n) is 18.0. The molecule has 3 heterocycles. The predicted molar refractivity (Wildman–Crippen MR) is 115 cm³/mol. The molecule has 1 amide bonds. The number of hydrogen-bond donors (Lipinski definition) is 2. The molecular weight excluding hydrogens is 394 g/mol. The Morgan fingerprint density at radius 2 is 2.10 bits per heavy atom. The lowest BCUT2D eigenvalue weighted by molar-refractivity contribution is -0.0170. The molecule has 0 spiro atoms. The highest BCUT2D eigenvalue weighted by Gasteiger charge is 2.45. The van der Waals surface area contributed by atoms with Crippen LogP contribution in [0.2, 0.25) is 0 Å². The Hall–Kier alpha value is -2.97. The van der Waals surface area contributed by atoms with Crippen LogP contribution < -0.4 is 5.32 Å². The molecule has 1 fully saturated rings. The van der Waals surface area contributed by atoms with Gasteiger partial charge in [-0.25, -0.2) is 4.98 Å². The molecular formula is C23H29N5O3. The predicted octanol–water partition coefficient (Wildman–Crippen LogP) is 2.13. The van der Waals surface area contributed by atoms with Crippen molar-refractivity contribution >= 4 is 5.91 Å². The molecule has 4 rings (SSSR count). The molecule has 2 atom stereocenters. The Balaban J connectivity index is 1.54. The molecule has 8 heteroatoms. The van der Waals surface area contributed by atoms with Crippen LogP contribution in [0, 0.1) is 6.92 Å². The van der Waals surface area contributed by atoms with Crippen LogP contribution in [0.25, 0.3) is 0 Å². The van der Waals surface area contributed by atoms with E-state index in [2.05, 4.69) is 20.3 Å². The van der Waals surface area contributed by atoms with Gasteiger partial charge in [-0.15, -0.1) is 0 Å². The monoisotopic (exact) mass is 423 g/mol. The summed E-state index contributed by atoms with van der Waals surface area (Å²) in [5.74, 6) is 0.392. The maximum absolute atomic E-state index is 13.2. The van der Waals surface area contributed by atoms with Gasteiger partial charge in [0.1, 0.15) is 0 Å². The first kappa shape index (κ1) is 21.3. The number of benzene rings is 1. The minimum absolute atomic E-state index is 0.209. The normalized spacial score (nSPS) is 21.8. The standard InChI is InChI=1S/C23H29N5O3/c1-3-20-25-17(2)21(31-20)22(30)26-23(18-8-5-4-6-9-18)10-13-27(16-19(23)29)14-15-28-12-7-11-24-28/h4-9,11-12,19,29H,3,10,13-16H2,1-2H3,(H,26,30)/t19-,23+/m1/s1. The average Bonchev–Trinajstić information content (AvgIpc) is 3.44. The number of piperidine rings is 1. The number of aryl methyl sites for hydroxylation is 2. The second-order valence-corrected chi connectivity index (χ2v) is 8.00. The van der Waals surface area contributed by atoms with Crippen molar-refractivity contribution in [3.63, 3.8) is 0 Å². The minimum atomic E-state index is -0.897. The largest absolute Gasteiger partial charge is 0.435 e. The van der Waals surface area contributed by atoms with Gasteiger partial charge in [-0.1, -0.05) is 37.3 Å². The second-order valence-electron chi connectivity index (χ2n) is 8.00. The number of aliphatic hydroxyl groups is 1. The minimum Gasteiger partial charge on any atom is -0.435 e. The summed E-state index contributed by atoms with van der Waals surface area (Å²) in [5.41, 5.74) is 0.547. The number of rotatable bonds is 7. The number of nitrogens with zero attached hydrogens (tertiary/aromatic N) is 4. The topological polar surface area (TPSA) is 96.4 Å². The van der Waals surface area contributed by atoms with E-state index in [-0.39, 0.29) is 11.7 Å². The number of nitrogens with one attached hydrogen (secondary N) is 1. The molecule has 1 aliphatic heterocycles. The van der Waals surface area contributed by atoms with Gasteiger partial charge in [-0.05, 0) is 25.0 Å². The summed E-state index contributed by atoms with van der Waals surface area (Å²) in [6.45, 7) is 6.41. The van der Waals surface area contributed by atoms with Gasteiger partial charge in [0.25, 0.3) is 5.91 Å². The molecule has 0 bridgehead atoms. The highest BCUT2D eigenvalue weighted by Crippen LogP contribution is 2.34. The molecule has 31 heavy (non-hydrogen) atoms. The number of β-amino-alcohol motifs (C(OH)–C–C–N with tert-alkyl or cyclic N) is 1. The van der Waals surface area contributed by atoms with E-state index < -0.39 is 11.6 Å². The van der Waals surface area contributed by atoms with Crippen molar-refractivity contribution in [1.82, 2.24) is 25.0 Å². The molecule has 2 aromatic heterocycles. The number of amides is 1. The number of oxazole rings is 1. The summed E-state index contributed by atoms with van der Waals surface area (Å²) in [6, 6.07) is 11.6. The number of carbonyl (C=O) groups excluding carboxylic acids is 1. The Kier molecular flexibility index (Phi) is 6.20. The number of hydrogen-bond acceptors (Lipinski definition) is 6. The third kappa shape index (κ3) is 4.40. The van der Waals surface area contributed by atoms with Gasteiger partial charge >= 0.3 is 0 Å². The highest BCUT2D eigenvalue weighted by molar-refractivity contribution is 5.93. The lowest BCUT2D eigenvalue weighted by Gasteiger charge is -2.46. The Bertz CT molecular complexity index is 1000. The van der Waals surface area contributed by atoms with E-state index in [0.717, 1.165) is 25.2 Å². The van der Waals surface area contributed by atoms with Crippen LogP contribution in [0.3, 0.4) is 0 Å². The van der Waals surface area contributed by atoms with Gasteiger partial charge in [0.2, 0.25) is 5.76 Å². The van der Waals surface area contributed by atoms with E-state index in [1.54, 1.807) is 13.1 Å². The number of aliphatic hydroxyl groups excluding tert-OH is 1. The van der Waals surface area contributed by atoms with Crippen molar-refractivity contribution in [3.8, 4) is 0 Å². The summed E-state index contributed by atoms with van der Waals surface area (Å²) < 4.78 is 7.54. The molecule has 0 unspecified atom stereocenters. The summed E-state index contributed by atoms with van der Waals surface area (Å²) in [4.78, 5) is 19.7. The van der Waals surface area contributed by atoms with Crippen LogP contribution in [0.5, 0.6) is 0 Å². The molecule has 1 aromatic carbocycles. The fraction of sp³-hybridized carbons (Fsp3) is 0.435. The summed E-state index contributed by atoms with van der Waals surface area (Å²) in [7, 11) is 0. The van der Waals surface area contributed by atoms with Crippen LogP contribution in [0.15, 0.2) is 53.2 Å². The molecule has 0 saturated carbocycles. The van der Waals surface area contributed by atoms with E-state index in [1.807, 2.05) is 54.2 Å². The second kappa shape index (κ2) is 9.03. The summed E-state index contributed by atoms with van der Waals surface area (Å²) in [6.07, 6.45) is 4.11. The molecule has 3 aromatic rings. The van der Waals surface area contributed by atoms with Crippen LogP contribution in [0.4, 0.5) is 0 Å². The van der Waals surface area contributed by atoms with E-state index >= 15 is 0 Å². The first-order valence-electron chi connectivity index (χ1n) is 10.7.